The minimum atomic E-state index is 1.06. The summed E-state index contributed by atoms with van der Waals surface area (Å²) in [5.74, 6) is 0. The van der Waals surface area contributed by atoms with Gasteiger partial charge in [0.05, 0.1) is 0 Å². The Morgan fingerprint density at radius 1 is 1.07 bits per heavy atom. The second-order valence-corrected chi connectivity index (χ2v) is 3.67. The van der Waals surface area contributed by atoms with Crippen molar-refractivity contribution in [3.05, 3.63) is 30.1 Å². The van der Waals surface area contributed by atoms with Crippen LogP contribution in [0.1, 0.15) is 18.4 Å². The third-order valence-electron chi connectivity index (χ3n) is 2.37. The molecule has 1 aromatic heterocycles. The molecule has 1 rings (SSSR count). The van der Waals surface area contributed by atoms with Gasteiger partial charge in [-0.15, -0.1) is 0 Å². The van der Waals surface area contributed by atoms with Gasteiger partial charge in [0, 0.05) is 12.4 Å². The van der Waals surface area contributed by atoms with E-state index in [9.17, 15) is 0 Å². The zero-order chi connectivity index (χ0) is 10.8. The molecule has 15 heavy (non-hydrogen) atoms. The Balaban J connectivity index is 1.93. The molecule has 0 spiro atoms. The van der Waals surface area contributed by atoms with Crippen molar-refractivity contribution in [1.29, 1.82) is 0 Å². The Hall–Kier alpha value is -0.930. The van der Waals surface area contributed by atoms with Gasteiger partial charge in [0.15, 0.2) is 0 Å². The molecule has 0 atom stereocenters. The van der Waals surface area contributed by atoms with E-state index in [4.69, 9.17) is 0 Å². The monoisotopic (exact) mass is 207 g/mol. The molecular formula is C12H21N3. The number of unbranched alkanes of at least 4 members (excludes halogenated alkanes) is 1. The predicted octanol–water partition coefficient (Wildman–Crippen LogP) is 1.21. The SMILES string of the molecule is CNCCCCNCCc1ccncc1. The number of nitrogens with one attached hydrogen (secondary N) is 2. The van der Waals surface area contributed by atoms with E-state index in [1.54, 1.807) is 0 Å². The van der Waals surface area contributed by atoms with E-state index in [2.05, 4.69) is 27.8 Å². The number of pyridine rings is 1. The molecule has 0 aliphatic rings. The van der Waals surface area contributed by atoms with Crippen LogP contribution in [0.4, 0.5) is 0 Å². The number of rotatable bonds is 8. The summed E-state index contributed by atoms with van der Waals surface area (Å²) >= 11 is 0. The van der Waals surface area contributed by atoms with E-state index in [1.807, 2.05) is 19.4 Å². The highest BCUT2D eigenvalue weighted by atomic mass is 14.8. The molecule has 3 nitrogen and oxygen atoms in total. The summed E-state index contributed by atoms with van der Waals surface area (Å²) in [5, 5.41) is 6.59. The maximum atomic E-state index is 4.00. The number of hydrogen-bond acceptors (Lipinski definition) is 3. The molecule has 0 saturated carbocycles. The molecule has 1 aromatic rings. The van der Waals surface area contributed by atoms with Crippen molar-refractivity contribution in [3.63, 3.8) is 0 Å². The summed E-state index contributed by atoms with van der Waals surface area (Å²) in [6, 6.07) is 4.14. The zero-order valence-electron chi connectivity index (χ0n) is 9.50. The minimum absolute atomic E-state index is 1.06. The molecule has 0 radical (unpaired) electrons. The fraction of sp³-hybridized carbons (Fsp3) is 0.583. The fourth-order valence-corrected chi connectivity index (χ4v) is 1.46. The van der Waals surface area contributed by atoms with Gasteiger partial charge in [-0.3, -0.25) is 4.98 Å². The Bertz CT molecular complexity index is 236. The predicted molar refractivity (Wildman–Crippen MR) is 64.0 cm³/mol. The van der Waals surface area contributed by atoms with Crippen LogP contribution in [-0.2, 0) is 6.42 Å². The van der Waals surface area contributed by atoms with Crippen molar-refractivity contribution < 1.29 is 0 Å². The first-order valence-corrected chi connectivity index (χ1v) is 5.67. The van der Waals surface area contributed by atoms with Crippen molar-refractivity contribution in [2.75, 3.05) is 26.7 Å². The molecule has 0 fully saturated rings. The quantitative estimate of drug-likeness (QED) is 0.629. The van der Waals surface area contributed by atoms with Crippen molar-refractivity contribution in [1.82, 2.24) is 15.6 Å². The lowest BCUT2D eigenvalue weighted by atomic mass is 10.2. The first-order chi connectivity index (χ1) is 7.43. The topological polar surface area (TPSA) is 37.0 Å². The van der Waals surface area contributed by atoms with Gasteiger partial charge < -0.3 is 10.6 Å². The van der Waals surface area contributed by atoms with Crippen LogP contribution in [0, 0.1) is 0 Å². The first-order valence-electron chi connectivity index (χ1n) is 5.67. The normalized spacial score (nSPS) is 10.5. The first kappa shape index (κ1) is 12.1. The molecule has 3 heteroatoms. The smallest absolute Gasteiger partial charge is 0.0270 e. The summed E-state index contributed by atoms with van der Waals surface area (Å²) in [6.45, 7) is 3.29. The van der Waals surface area contributed by atoms with E-state index in [-0.39, 0.29) is 0 Å². The molecule has 0 saturated heterocycles. The van der Waals surface area contributed by atoms with Crippen LogP contribution < -0.4 is 10.6 Å². The van der Waals surface area contributed by atoms with Crippen LogP contribution in [0.5, 0.6) is 0 Å². The van der Waals surface area contributed by atoms with E-state index >= 15 is 0 Å². The number of nitrogens with zero attached hydrogens (tertiary/aromatic N) is 1. The number of aromatic nitrogens is 1. The Labute approximate surface area is 92.3 Å². The lowest BCUT2D eigenvalue weighted by Gasteiger charge is -2.04. The van der Waals surface area contributed by atoms with Gasteiger partial charge >= 0.3 is 0 Å². The zero-order valence-corrected chi connectivity index (χ0v) is 9.50. The molecule has 0 aromatic carbocycles. The molecule has 0 bridgehead atoms. The van der Waals surface area contributed by atoms with Crippen LogP contribution >= 0.6 is 0 Å². The van der Waals surface area contributed by atoms with Crippen molar-refractivity contribution in [2.45, 2.75) is 19.3 Å². The summed E-state index contributed by atoms with van der Waals surface area (Å²) in [6.07, 6.45) is 7.29. The van der Waals surface area contributed by atoms with Crippen LogP contribution in [-0.4, -0.2) is 31.7 Å². The lowest BCUT2D eigenvalue weighted by molar-refractivity contribution is 0.606. The third kappa shape index (κ3) is 6.20. The lowest BCUT2D eigenvalue weighted by Crippen LogP contribution is -2.19. The Morgan fingerprint density at radius 2 is 1.80 bits per heavy atom. The van der Waals surface area contributed by atoms with E-state index in [0.717, 1.165) is 26.1 Å². The molecule has 84 valence electrons. The maximum Gasteiger partial charge on any atom is 0.0270 e. The van der Waals surface area contributed by atoms with Crippen LogP contribution in [0.2, 0.25) is 0 Å². The largest absolute Gasteiger partial charge is 0.320 e. The second-order valence-electron chi connectivity index (χ2n) is 3.67. The van der Waals surface area contributed by atoms with Crippen LogP contribution in [0.3, 0.4) is 0 Å². The Kier molecular flexibility index (Phi) is 6.79. The van der Waals surface area contributed by atoms with Gasteiger partial charge in [-0.1, -0.05) is 0 Å². The molecule has 0 amide bonds. The molecule has 0 unspecified atom stereocenters. The minimum Gasteiger partial charge on any atom is -0.320 e. The Morgan fingerprint density at radius 3 is 2.53 bits per heavy atom. The van der Waals surface area contributed by atoms with E-state index in [1.165, 1.54) is 18.4 Å². The number of hydrogen-bond donors (Lipinski definition) is 2. The van der Waals surface area contributed by atoms with Gasteiger partial charge in [0.25, 0.3) is 0 Å². The van der Waals surface area contributed by atoms with E-state index in [0.29, 0.717) is 0 Å². The summed E-state index contributed by atoms with van der Waals surface area (Å²) in [7, 11) is 2.00. The average Bonchev–Trinajstić information content (AvgIpc) is 2.29. The molecular weight excluding hydrogens is 186 g/mol. The highest BCUT2D eigenvalue weighted by Gasteiger charge is 1.91. The molecule has 0 aliphatic carbocycles. The highest BCUT2D eigenvalue weighted by molar-refractivity contribution is 5.09. The van der Waals surface area contributed by atoms with E-state index < -0.39 is 0 Å². The van der Waals surface area contributed by atoms with Gasteiger partial charge in [0.1, 0.15) is 0 Å². The van der Waals surface area contributed by atoms with Crippen LogP contribution in [0.25, 0.3) is 0 Å². The van der Waals surface area contributed by atoms with Crippen molar-refractivity contribution in [3.8, 4) is 0 Å². The summed E-state index contributed by atoms with van der Waals surface area (Å²) < 4.78 is 0. The van der Waals surface area contributed by atoms with Crippen molar-refractivity contribution in [2.24, 2.45) is 0 Å². The van der Waals surface area contributed by atoms with Crippen LogP contribution in [0.15, 0.2) is 24.5 Å². The van der Waals surface area contributed by atoms with Gasteiger partial charge in [-0.05, 0) is 63.6 Å². The molecule has 2 N–H and O–H groups in total. The van der Waals surface area contributed by atoms with Gasteiger partial charge in [0.2, 0.25) is 0 Å². The highest BCUT2D eigenvalue weighted by Crippen LogP contribution is 1.95. The fourth-order valence-electron chi connectivity index (χ4n) is 1.46. The maximum absolute atomic E-state index is 4.00. The van der Waals surface area contributed by atoms with Gasteiger partial charge in [-0.25, -0.2) is 0 Å². The average molecular weight is 207 g/mol. The molecule has 0 aliphatic heterocycles. The van der Waals surface area contributed by atoms with Crippen molar-refractivity contribution >= 4 is 0 Å². The molecule has 1 heterocycles. The standard InChI is InChI=1S/C12H21N3/c1-13-7-2-3-8-14-9-4-12-5-10-15-11-6-12/h5-6,10-11,13-14H,2-4,7-9H2,1H3. The third-order valence-corrected chi connectivity index (χ3v) is 2.37. The summed E-state index contributed by atoms with van der Waals surface area (Å²) in [4.78, 5) is 4.00. The summed E-state index contributed by atoms with van der Waals surface area (Å²) in [5.41, 5.74) is 1.35. The second kappa shape index (κ2) is 8.38. The van der Waals surface area contributed by atoms with Gasteiger partial charge in [-0.2, -0.15) is 0 Å².